The number of carbonyl (C=O) groups excluding carboxylic acids is 1. The third kappa shape index (κ3) is 5.09. The predicted molar refractivity (Wildman–Crippen MR) is 131 cm³/mol. The molecule has 2 aromatic heterocycles. The van der Waals surface area contributed by atoms with E-state index >= 15 is 0 Å². The van der Waals surface area contributed by atoms with Gasteiger partial charge in [-0.3, -0.25) is 4.79 Å². The van der Waals surface area contributed by atoms with Crippen molar-refractivity contribution >= 4 is 41.1 Å². The molecular weight excluding hydrogens is 461 g/mol. The molecule has 164 valence electrons. The van der Waals surface area contributed by atoms with E-state index < -0.39 is 0 Å². The number of hydrogen-bond acceptors (Lipinski definition) is 5. The molecule has 0 spiro atoms. The van der Waals surface area contributed by atoms with Crippen molar-refractivity contribution in [3.05, 3.63) is 92.9 Å². The van der Waals surface area contributed by atoms with Gasteiger partial charge in [-0.2, -0.15) is 0 Å². The number of Topliss-reactive ketones (excluding diaryl/α,β-unsaturated/α-hetero) is 1. The van der Waals surface area contributed by atoms with E-state index in [-0.39, 0.29) is 11.6 Å². The molecule has 0 saturated heterocycles. The Morgan fingerprint density at radius 2 is 1.84 bits per heavy atom. The lowest BCUT2D eigenvalue weighted by Crippen LogP contribution is -2.08. The van der Waals surface area contributed by atoms with E-state index in [4.69, 9.17) is 12.2 Å². The number of rotatable bonds is 8. The molecule has 0 aliphatic heterocycles. The third-order valence-corrected chi connectivity index (χ3v) is 7.63. The zero-order valence-electron chi connectivity index (χ0n) is 17.7. The zero-order chi connectivity index (χ0) is 22.7. The summed E-state index contributed by atoms with van der Waals surface area (Å²) in [6.45, 7) is 4.73. The maximum absolute atomic E-state index is 13.1. The Kier molecular flexibility index (Phi) is 7.03. The minimum atomic E-state index is -0.231. The van der Waals surface area contributed by atoms with Gasteiger partial charge in [-0.1, -0.05) is 53.4 Å². The lowest BCUT2D eigenvalue weighted by molar-refractivity contribution is 0.102. The van der Waals surface area contributed by atoms with E-state index in [9.17, 15) is 9.18 Å². The topological polar surface area (TPSA) is 39.8 Å². The summed E-state index contributed by atoms with van der Waals surface area (Å²) >= 11 is 8.27. The summed E-state index contributed by atoms with van der Waals surface area (Å²) in [4.78, 5) is 12.9. The number of aryl methyl sites for hydroxylation is 2. The summed E-state index contributed by atoms with van der Waals surface area (Å²) in [5.41, 5.74) is 4.72. The number of nitrogens with zero attached hydrogens (tertiary/aromatic N) is 3. The third-order valence-electron chi connectivity index (χ3n) is 5.27. The fraction of sp³-hybridized carbons (Fsp3) is 0.208. The largest absolute Gasteiger partial charge is 0.348 e. The van der Waals surface area contributed by atoms with E-state index in [2.05, 4.69) is 9.67 Å². The molecule has 2 aromatic carbocycles. The Labute approximate surface area is 199 Å². The fourth-order valence-corrected chi connectivity index (χ4v) is 5.82. The molecule has 0 saturated carbocycles. The predicted octanol–water partition coefficient (Wildman–Crippen LogP) is 6.44. The van der Waals surface area contributed by atoms with Crippen molar-refractivity contribution < 1.29 is 9.18 Å². The molecule has 0 aliphatic rings. The molecule has 0 fully saturated rings. The van der Waals surface area contributed by atoms with Crippen molar-refractivity contribution in [2.75, 3.05) is 5.75 Å². The smallest absolute Gasteiger partial charge is 0.184 e. The van der Waals surface area contributed by atoms with Crippen LogP contribution in [-0.2, 0) is 13.0 Å². The molecule has 0 aliphatic carbocycles. The van der Waals surface area contributed by atoms with Gasteiger partial charge in [0.05, 0.1) is 11.4 Å². The summed E-state index contributed by atoms with van der Waals surface area (Å²) in [5, 5.41) is 4.57. The van der Waals surface area contributed by atoms with Crippen LogP contribution >= 0.6 is 35.3 Å². The molecule has 4 nitrogen and oxygen atoms in total. The summed E-state index contributed by atoms with van der Waals surface area (Å²) in [6.07, 6.45) is 0.777. The van der Waals surface area contributed by atoms with Crippen LogP contribution in [0.1, 0.15) is 27.3 Å². The molecule has 4 rings (SSSR count). The lowest BCUT2D eigenvalue weighted by atomic mass is 10.1. The van der Waals surface area contributed by atoms with Crippen LogP contribution in [0.2, 0.25) is 0 Å². The van der Waals surface area contributed by atoms with Gasteiger partial charge in [0.25, 0.3) is 0 Å². The second-order valence-electron chi connectivity index (χ2n) is 7.41. The van der Waals surface area contributed by atoms with Gasteiger partial charge < -0.3 is 4.57 Å². The standard InChI is InChI=1S/C24H22FN3OS3/c1-16-14-21(17(2)27(16)13-12-18-8-10-19(25)11-9-18)22(29)15-31-23-26-28(24(30)32-23)20-6-4-3-5-7-20/h3-11,14H,12-13,15H2,1-2H3. The number of ketones is 1. The Bertz CT molecular complexity index is 1290. The van der Waals surface area contributed by atoms with Crippen LogP contribution in [-0.4, -0.2) is 25.9 Å². The van der Waals surface area contributed by atoms with Gasteiger partial charge in [-0.15, -0.1) is 5.10 Å². The van der Waals surface area contributed by atoms with Crippen LogP contribution in [0.3, 0.4) is 0 Å². The van der Waals surface area contributed by atoms with Crippen molar-refractivity contribution in [2.45, 2.75) is 31.2 Å². The molecule has 0 radical (unpaired) electrons. The number of thioether (sulfide) groups is 1. The highest BCUT2D eigenvalue weighted by atomic mass is 32.2. The number of hydrogen-bond donors (Lipinski definition) is 0. The number of benzene rings is 2. The maximum atomic E-state index is 13.1. The molecule has 0 amide bonds. The van der Waals surface area contributed by atoms with Gasteiger partial charge in [-0.05, 0) is 68.4 Å². The molecule has 0 N–H and O–H groups in total. The maximum Gasteiger partial charge on any atom is 0.184 e. The van der Waals surface area contributed by atoms with Crippen LogP contribution in [0.4, 0.5) is 4.39 Å². The first-order chi connectivity index (χ1) is 15.4. The highest BCUT2D eigenvalue weighted by molar-refractivity contribution is 8.01. The molecule has 2 heterocycles. The first-order valence-corrected chi connectivity index (χ1v) is 12.4. The fourth-order valence-electron chi connectivity index (χ4n) is 3.58. The number of aromatic nitrogens is 3. The Hall–Kier alpha value is -2.55. The highest BCUT2D eigenvalue weighted by Crippen LogP contribution is 2.26. The molecule has 32 heavy (non-hydrogen) atoms. The van der Waals surface area contributed by atoms with Crippen LogP contribution in [0.15, 0.2) is 65.0 Å². The molecule has 8 heteroatoms. The normalized spacial score (nSPS) is 11.1. The monoisotopic (exact) mass is 483 g/mol. The van der Waals surface area contributed by atoms with Crippen molar-refractivity contribution in [3.8, 4) is 5.69 Å². The Morgan fingerprint density at radius 3 is 2.56 bits per heavy atom. The number of carbonyl (C=O) groups is 1. The second kappa shape index (κ2) is 9.94. The number of para-hydroxylation sites is 1. The summed E-state index contributed by atoms with van der Waals surface area (Å²) < 4.78 is 18.4. The molecular formula is C24H22FN3OS3. The summed E-state index contributed by atoms with van der Waals surface area (Å²) in [7, 11) is 0. The lowest BCUT2D eigenvalue weighted by Gasteiger charge is -2.10. The van der Waals surface area contributed by atoms with E-state index in [1.807, 2.05) is 50.2 Å². The number of halogens is 1. The van der Waals surface area contributed by atoms with Crippen molar-refractivity contribution in [2.24, 2.45) is 0 Å². The van der Waals surface area contributed by atoms with Gasteiger partial charge in [0.2, 0.25) is 0 Å². The summed E-state index contributed by atoms with van der Waals surface area (Å²) in [6, 6.07) is 18.3. The highest BCUT2D eigenvalue weighted by Gasteiger charge is 2.17. The zero-order valence-corrected chi connectivity index (χ0v) is 20.2. The van der Waals surface area contributed by atoms with Crippen LogP contribution in [0, 0.1) is 23.6 Å². The van der Waals surface area contributed by atoms with E-state index in [1.54, 1.807) is 16.8 Å². The molecule has 0 unspecified atom stereocenters. The van der Waals surface area contributed by atoms with E-state index in [0.717, 1.165) is 45.5 Å². The van der Waals surface area contributed by atoms with Gasteiger partial charge >= 0.3 is 0 Å². The van der Waals surface area contributed by atoms with Crippen LogP contribution in [0.25, 0.3) is 5.69 Å². The first kappa shape index (κ1) is 22.6. The van der Waals surface area contributed by atoms with Gasteiger partial charge in [0, 0.05) is 23.5 Å². The van der Waals surface area contributed by atoms with Crippen molar-refractivity contribution in [1.29, 1.82) is 0 Å². The van der Waals surface area contributed by atoms with Gasteiger partial charge in [0.1, 0.15) is 5.82 Å². The minimum Gasteiger partial charge on any atom is -0.348 e. The van der Waals surface area contributed by atoms with Gasteiger partial charge in [0.15, 0.2) is 14.1 Å². The minimum absolute atomic E-state index is 0.0727. The Balaban J connectivity index is 1.42. The SMILES string of the molecule is Cc1cc(C(=O)CSc2nn(-c3ccccc3)c(=S)s2)c(C)n1CCc1ccc(F)cc1. The van der Waals surface area contributed by atoms with E-state index in [0.29, 0.717) is 9.71 Å². The average molecular weight is 484 g/mol. The Morgan fingerprint density at radius 1 is 1.12 bits per heavy atom. The quantitative estimate of drug-likeness (QED) is 0.164. The van der Waals surface area contributed by atoms with Crippen LogP contribution in [0.5, 0.6) is 0 Å². The van der Waals surface area contributed by atoms with Crippen molar-refractivity contribution in [3.63, 3.8) is 0 Å². The van der Waals surface area contributed by atoms with Crippen LogP contribution < -0.4 is 0 Å². The van der Waals surface area contributed by atoms with Crippen molar-refractivity contribution in [1.82, 2.24) is 14.3 Å². The van der Waals surface area contributed by atoms with Gasteiger partial charge in [-0.25, -0.2) is 9.07 Å². The molecule has 4 aromatic rings. The second-order valence-corrected chi connectivity index (χ2v) is 10.3. The average Bonchev–Trinajstić information content (AvgIpc) is 3.31. The summed E-state index contributed by atoms with van der Waals surface area (Å²) in [5.74, 6) is 0.146. The first-order valence-electron chi connectivity index (χ1n) is 10.1. The van der Waals surface area contributed by atoms with E-state index in [1.165, 1.54) is 35.2 Å². The molecule has 0 atom stereocenters. The molecule has 0 bridgehead atoms.